The standard InChI is InChI=1S/C59H100O26/c1-25(2)11-10-14-59(9,85-51-45(75)40(70)39(69)31(81-51)24-77-49-44(74)38(68)30(22-62)78-49)58(8)18-17-57(7)48(58)26(63)19-33-55(5)15-13-34(54(3,4)32(55)12-16-56(33,57)6)82-52-46(41(71)36(66)28(20-60)79-52)84-53-47(42(72)37(67)29(21-61)80-53)83-50-43(73)35(65)27(64)23-76-50/h10-11,25-53,60-75H,12-24H2,1-9H3/b11-10+/t26-,27-,28-,29-,30+,31-,32+,33-,34+,35+,36-,37-,38+,39-,40+,41+,42+,43-,44-,45-,46-,47-,48+,49-,50+,51+,52+,53+,55+,56-,57-,58+,59+/m1/s1. The van der Waals surface area contributed by atoms with Crippen LogP contribution in [0.4, 0.5) is 0 Å². The van der Waals surface area contributed by atoms with Crippen molar-refractivity contribution in [2.24, 2.45) is 50.7 Å². The fraction of sp³-hybridized carbons (Fsp3) is 0.966. The van der Waals surface area contributed by atoms with E-state index in [1.54, 1.807) is 0 Å². The van der Waals surface area contributed by atoms with Crippen LogP contribution in [0.25, 0.3) is 0 Å². The van der Waals surface area contributed by atoms with Gasteiger partial charge in [0.05, 0.1) is 50.8 Å². The van der Waals surface area contributed by atoms with E-state index in [1.165, 1.54) is 0 Å². The first-order chi connectivity index (χ1) is 39.8. The zero-order valence-corrected chi connectivity index (χ0v) is 50.3. The Kier molecular flexibility index (Phi) is 20.5. The Morgan fingerprint density at radius 2 is 1.04 bits per heavy atom. The van der Waals surface area contributed by atoms with Crippen molar-refractivity contribution in [2.75, 3.05) is 33.0 Å². The van der Waals surface area contributed by atoms with Crippen molar-refractivity contribution >= 4 is 0 Å². The molecule has 85 heavy (non-hydrogen) atoms. The summed E-state index contributed by atoms with van der Waals surface area (Å²) < 4.78 is 61.2. The highest BCUT2D eigenvalue weighted by Gasteiger charge is 2.75. The summed E-state index contributed by atoms with van der Waals surface area (Å²) in [6, 6.07) is 0. The Morgan fingerprint density at radius 1 is 0.518 bits per heavy atom. The zero-order chi connectivity index (χ0) is 62.4. The van der Waals surface area contributed by atoms with Crippen molar-refractivity contribution < 1.29 is 129 Å². The van der Waals surface area contributed by atoms with Crippen molar-refractivity contribution in [2.45, 2.75) is 273 Å². The summed E-state index contributed by atoms with van der Waals surface area (Å²) in [5.74, 6) is -0.225. The molecule has 0 spiro atoms. The molecule has 16 N–H and O–H groups in total. The molecule has 9 aliphatic rings. The van der Waals surface area contributed by atoms with Gasteiger partial charge in [-0.05, 0) is 104 Å². The molecule has 492 valence electrons. The molecule has 0 amide bonds. The van der Waals surface area contributed by atoms with Gasteiger partial charge in [0.2, 0.25) is 0 Å². The minimum absolute atomic E-state index is 0.0157. The fourth-order valence-corrected chi connectivity index (χ4v) is 17.6. The lowest BCUT2D eigenvalue weighted by Gasteiger charge is -2.71. The maximum absolute atomic E-state index is 13.1. The molecule has 0 bridgehead atoms. The van der Waals surface area contributed by atoms with Crippen LogP contribution in [0.3, 0.4) is 0 Å². The molecule has 0 radical (unpaired) electrons. The predicted octanol–water partition coefficient (Wildman–Crippen LogP) is -2.85. The minimum Gasteiger partial charge on any atom is -0.394 e. The second-order valence-corrected chi connectivity index (χ2v) is 28.3. The van der Waals surface area contributed by atoms with Gasteiger partial charge in [-0.3, -0.25) is 0 Å². The Hall–Kier alpha value is -1.30. The smallest absolute Gasteiger partial charge is 0.187 e. The first-order valence-electron chi connectivity index (χ1n) is 30.6. The third kappa shape index (κ3) is 11.8. The van der Waals surface area contributed by atoms with Crippen molar-refractivity contribution in [3.05, 3.63) is 12.2 Å². The van der Waals surface area contributed by atoms with Gasteiger partial charge in [-0.15, -0.1) is 0 Å². The first-order valence-corrected chi connectivity index (χ1v) is 30.6. The van der Waals surface area contributed by atoms with Crippen LogP contribution < -0.4 is 0 Å². The van der Waals surface area contributed by atoms with E-state index >= 15 is 0 Å². The van der Waals surface area contributed by atoms with Crippen molar-refractivity contribution in [3.8, 4) is 0 Å². The largest absolute Gasteiger partial charge is 0.394 e. The third-order valence-electron chi connectivity index (χ3n) is 22.9. The van der Waals surface area contributed by atoms with Crippen molar-refractivity contribution in [1.29, 1.82) is 0 Å². The average molecular weight is 1230 g/mol. The van der Waals surface area contributed by atoms with Gasteiger partial charge in [-0.25, -0.2) is 0 Å². The lowest BCUT2D eigenvalue weighted by molar-refractivity contribution is -0.395. The summed E-state index contributed by atoms with van der Waals surface area (Å²) in [5.41, 5.74) is -3.83. The molecular formula is C59H100O26. The summed E-state index contributed by atoms with van der Waals surface area (Å²) in [6.07, 6.45) is -29.5. The van der Waals surface area contributed by atoms with Gasteiger partial charge in [-0.2, -0.15) is 0 Å². The van der Waals surface area contributed by atoms with E-state index in [9.17, 15) is 81.7 Å². The maximum atomic E-state index is 13.1. The second-order valence-electron chi connectivity index (χ2n) is 28.3. The van der Waals surface area contributed by atoms with E-state index in [-0.39, 0.29) is 34.5 Å². The van der Waals surface area contributed by atoms with Crippen LogP contribution in [0.1, 0.15) is 114 Å². The number of aliphatic hydroxyl groups excluding tert-OH is 16. The Balaban J connectivity index is 0.948. The summed E-state index contributed by atoms with van der Waals surface area (Å²) in [4.78, 5) is 0. The minimum atomic E-state index is -1.89. The van der Waals surface area contributed by atoms with Crippen molar-refractivity contribution in [3.63, 3.8) is 0 Å². The number of fused-ring (bicyclic) bond motifs is 5. The van der Waals surface area contributed by atoms with Gasteiger partial charge < -0.3 is 129 Å². The molecule has 9 rings (SSSR count). The normalized spacial score (nSPS) is 53.5. The summed E-state index contributed by atoms with van der Waals surface area (Å²) >= 11 is 0. The SMILES string of the molecule is CC(C)/C=C/C[C@](C)(O[C@@H]1O[C@H](CO[C@@H]2O[C@@H](CO)[C@H](O)[C@H]2O)[C@@H](O)[C@H](O)[C@H]1O)[C@@]1(C)CC[C@]2(C)[C@@H]1[C@H](O)C[C@@H]1[C@@]3(C)CC[C@H](O[C@@H]4O[C@H](CO)[C@@H](O)[C@H](O)[C@H]4O[C@@H]4O[C@H](CO)[C@@H](O)[C@H](O)[C@H]4O[C@@H]4OC[C@@H](O)[C@H](O)[C@H]4O)C(C)(C)[C@@H]3CC[C@]12C. The van der Waals surface area contributed by atoms with E-state index in [0.29, 0.717) is 38.5 Å². The molecule has 0 unspecified atom stereocenters. The first kappa shape index (κ1) is 68.1. The molecule has 4 aliphatic carbocycles. The molecule has 5 saturated heterocycles. The van der Waals surface area contributed by atoms with Crippen LogP contribution >= 0.6 is 0 Å². The van der Waals surface area contributed by atoms with E-state index in [4.69, 9.17) is 47.4 Å². The molecule has 26 nitrogen and oxygen atoms in total. The maximum Gasteiger partial charge on any atom is 0.187 e. The monoisotopic (exact) mass is 1220 g/mol. The van der Waals surface area contributed by atoms with Crippen LogP contribution in [0.2, 0.25) is 0 Å². The molecule has 0 aromatic rings. The quantitative estimate of drug-likeness (QED) is 0.0485. The lowest BCUT2D eigenvalue weighted by Crippen LogP contribution is -2.69. The second kappa shape index (κ2) is 25.7. The summed E-state index contributed by atoms with van der Waals surface area (Å²) in [6.45, 7) is 16.3. The Labute approximate surface area is 496 Å². The van der Waals surface area contributed by atoms with Crippen molar-refractivity contribution in [1.82, 2.24) is 0 Å². The van der Waals surface area contributed by atoms with Gasteiger partial charge in [0.1, 0.15) is 110 Å². The van der Waals surface area contributed by atoms with Gasteiger partial charge in [0.25, 0.3) is 0 Å². The molecule has 4 saturated carbocycles. The van der Waals surface area contributed by atoms with E-state index in [1.807, 2.05) is 26.8 Å². The highest BCUT2D eigenvalue weighted by molar-refractivity contribution is 5.23. The van der Waals surface area contributed by atoms with Crippen LogP contribution in [0, 0.1) is 50.7 Å². The molecule has 33 atom stereocenters. The lowest BCUT2D eigenvalue weighted by atomic mass is 9.34. The van der Waals surface area contributed by atoms with E-state index in [0.717, 1.165) is 12.8 Å². The highest BCUT2D eigenvalue weighted by Crippen LogP contribution is 2.78. The Bertz CT molecular complexity index is 2250. The summed E-state index contributed by atoms with van der Waals surface area (Å²) in [7, 11) is 0. The Morgan fingerprint density at radius 3 is 1.62 bits per heavy atom. The molecule has 26 heteroatoms. The number of hydrogen-bond acceptors (Lipinski definition) is 26. The molecule has 5 aliphatic heterocycles. The topological polar surface area (TPSA) is 416 Å². The van der Waals surface area contributed by atoms with Gasteiger partial charge >= 0.3 is 0 Å². The number of aliphatic hydroxyl groups is 16. The van der Waals surface area contributed by atoms with Gasteiger partial charge in [0, 0.05) is 5.41 Å². The molecule has 5 heterocycles. The number of allylic oxidation sites excluding steroid dienone is 1. The average Bonchev–Trinajstić information content (AvgIpc) is 1.65. The van der Waals surface area contributed by atoms with Gasteiger partial charge in [-0.1, -0.05) is 67.5 Å². The number of hydrogen-bond donors (Lipinski definition) is 16. The molecule has 9 fully saturated rings. The van der Waals surface area contributed by atoms with Gasteiger partial charge in [0.15, 0.2) is 31.5 Å². The van der Waals surface area contributed by atoms with Crippen LogP contribution in [0.5, 0.6) is 0 Å². The highest BCUT2D eigenvalue weighted by atomic mass is 16.8. The van der Waals surface area contributed by atoms with E-state index < -0.39 is 208 Å². The van der Waals surface area contributed by atoms with E-state index in [2.05, 4.69) is 47.6 Å². The van der Waals surface area contributed by atoms with Crippen LogP contribution in [0.15, 0.2) is 12.2 Å². The number of ether oxygens (including phenoxy) is 10. The predicted molar refractivity (Wildman–Crippen MR) is 291 cm³/mol. The fourth-order valence-electron chi connectivity index (χ4n) is 17.6. The zero-order valence-electron chi connectivity index (χ0n) is 50.3. The molecule has 0 aromatic heterocycles. The summed E-state index contributed by atoms with van der Waals surface area (Å²) in [5, 5.41) is 175. The van der Waals surface area contributed by atoms with Crippen LogP contribution in [-0.2, 0) is 47.4 Å². The number of rotatable bonds is 18. The van der Waals surface area contributed by atoms with Crippen LogP contribution in [-0.4, -0.2) is 274 Å². The molecule has 0 aromatic carbocycles. The third-order valence-corrected chi connectivity index (χ3v) is 22.9. The molecular weight excluding hydrogens is 1120 g/mol.